The number of hydrogen-bond donors (Lipinski definition) is 1. The van der Waals surface area contributed by atoms with Crippen LogP contribution in [0.15, 0.2) is 91.0 Å². The van der Waals surface area contributed by atoms with Crippen molar-refractivity contribution in [3.8, 4) is 16.8 Å². The molecule has 1 aromatic heterocycles. The lowest BCUT2D eigenvalue weighted by Crippen LogP contribution is -2.05. The molecule has 0 saturated heterocycles. The van der Waals surface area contributed by atoms with Crippen LogP contribution in [0.4, 0.5) is 11.5 Å². The van der Waals surface area contributed by atoms with Crippen LogP contribution in [-0.4, -0.2) is 22.9 Å². The monoisotopic (exact) mass is 369 g/mol. The Labute approximate surface area is 163 Å². The van der Waals surface area contributed by atoms with E-state index in [1.165, 1.54) is 7.11 Å². The van der Waals surface area contributed by atoms with Gasteiger partial charge in [0.05, 0.1) is 18.4 Å². The van der Waals surface area contributed by atoms with Crippen molar-refractivity contribution in [2.75, 3.05) is 12.4 Å². The first-order valence-electron chi connectivity index (χ1n) is 8.92. The van der Waals surface area contributed by atoms with Crippen molar-refractivity contribution in [1.82, 2.24) is 9.78 Å². The second-order valence-corrected chi connectivity index (χ2v) is 6.17. The molecule has 0 spiro atoms. The number of rotatable bonds is 5. The van der Waals surface area contributed by atoms with Crippen molar-refractivity contribution < 1.29 is 9.53 Å². The summed E-state index contributed by atoms with van der Waals surface area (Å²) in [5.74, 6) is 0.216. The van der Waals surface area contributed by atoms with Crippen LogP contribution in [0.5, 0.6) is 0 Å². The third-order valence-electron chi connectivity index (χ3n) is 4.36. The van der Waals surface area contributed by atoms with Gasteiger partial charge in [0.1, 0.15) is 5.82 Å². The molecule has 0 aliphatic rings. The molecule has 4 rings (SSSR count). The number of carbonyl (C=O) groups excluding carboxylic acids is 1. The zero-order valence-electron chi connectivity index (χ0n) is 15.4. The minimum absolute atomic E-state index is 0.260. The molecule has 138 valence electrons. The molecule has 0 aliphatic heterocycles. The lowest BCUT2D eigenvalue weighted by Gasteiger charge is -2.12. The van der Waals surface area contributed by atoms with E-state index in [2.05, 4.69) is 10.4 Å². The van der Waals surface area contributed by atoms with E-state index in [4.69, 9.17) is 4.74 Å². The van der Waals surface area contributed by atoms with Crippen LogP contribution in [0.3, 0.4) is 0 Å². The fourth-order valence-electron chi connectivity index (χ4n) is 3.07. The average Bonchev–Trinajstić information content (AvgIpc) is 3.14. The summed E-state index contributed by atoms with van der Waals surface area (Å²) in [6.07, 6.45) is 0. The number of benzene rings is 3. The number of methoxy groups -OCH3 is 1. The number of nitrogens with one attached hydrogen (secondary N) is 1. The van der Waals surface area contributed by atoms with Crippen molar-refractivity contribution in [3.63, 3.8) is 0 Å². The van der Waals surface area contributed by atoms with E-state index < -0.39 is 5.97 Å². The van der Waals surface area contributed by atoms with Gasteiger partial charge in [-0.15, -0.1) is 0 Å². The molecule has 0 saturated carbocycles. The second-order valence-electron chi connectivity index (χ2n) is 6.17. The van der Waals surface area contributed by atoms with E-state index in [0.29, 0.717) is 11.4 Å². The first-order valence-corrected chi connectivity index (χ1v) is 8.92. The Bertz CT molecular complexity index is 1080. The zero-order chi connectivity index (χ0) is 19.3. The third-order valence-corrected chi connectivity index (χ3v) is 4.36. The van der Waals surface area contributed by atoms with Crippen molar-refractivity contribution in [3.05, 3.63) is 96.7 Å². The Kier molecular flexibility index (Phi) is 4.89. The number of carbonyl (C=O) groups is 1. The third kappa shape index (κ3) is 3.38. The van der Waals surface area contributed by atoms with Gasteiger partial charge in [-0.2, -0.15) is 5.10 Å². The average molecular weight is 369 g/mol. The summed E-state index contributed by atoms with van der Waals surface area (Å²) in [5.41, 5.74) is 3.57. The quantitative estimate of drug-likeness (QED) is 0.499. The molecule has 1 heterocycles. The van der Waals surface area contributed by atoms with Crippen molar-refractivity contribution in [1.29, 1.82) is 0 Å². The van der Waals surface area contributed by atoms with Crippen LogP contribution in [0, 0.1) is 0 Å². The van der Waals surface area contributed by atoms with Crippen LogP contribution in [0.25, 0.3) is 16.8 Å². The first kappa shape index (κ1) is 17.5. The molecule has 5 nitrogen and oxygen atoms in total. The summed E-state index contributed by atoms with van der Waals surface area (Å²) in [4.78, 5) is 12.5. The molecule has 5 heteroatoms. The summed E-state index contributed by atoms with van der Waals surface area (Å²) < 4.78 is 6.75. The van der Waals surface area contributed by atoms with Crippen LogP contribution in [-0.2, 0) is 4.74 Å². The molecule has 4 aromatic rings. The Morgan fingerprint density at radius 1 is 0.857 bits per heavy atom. The summed E-state index contributed by atoms with van der Waals surface area (Å²) in [6, 6.07) is 29.2. The molecule has 28 heavy (non-hydrogen) atoms. The maximum atomic E-state index is 12.5. The van der Waals surface area contributed by atoms with Gasteiger partial charge >= 0.3 is 5.97 Å². The zero-order valence-corrected chi connectivity index (χ0v) is 15.4. The highest BCUT2D eigenvalue weighted by molar-refractivity contribution is 6.00. The van der Waals surface area contributed by atoms with Gasteiger partial charge in [-0.3, -0.25) is 0 Å². The van der Waals surface area contributed by atoms with Crippen molar-refractivity contribution >= 4 is 17.5 Å². The number of ether oxygens (including phenoxy) is 1. The second kappa shape index (κ2) is 7.80. The smallest absolute Gasteiger partial charge is 0.359 e. The van der Waals surface area contributed by atoms with Crippen LogP contribution in [0.1, 0.15) is 10.5 Å². The molecule has 0 atom stereocenters. The topological polar surface area (TPSA) is 56.1 Å². The summed E-state index contributed by atoms with van der Waals surface area (Å²) in [6.45, 7) is 0. The van der Waals surface area contributed by atoms with Gasteiger partial charge in [0.15, 0.2) is 5.69 Å². The Balaban J connectivity index is 1.98. The van der Waals surface area contributed by atoms with Gasteiger partial charge in [-0.1, -0.05) is 66.7 Å². The molecule has 0 fully saturated rings. The molecule has 1 N–H and O–H groups in total. The van der Waals surface area contributed by atoms with E-state index in [1.807, 2.05) is 91.0 Å². The Hall–Kier alpha value is -3.86. The predicted octanol–water partition coefficient (Wildman–Crippen LogP) is 5.07. The van der Waals surface area contributed by atoms with Gasteiger partial charge in [0.25, 0.3) is 0 Å². The van der Waals surface area contributed by atoms with Gasteiger partial charge in [-0.05, 0) is 29.8 Å². The SMILES string of the molecule is COC(=O)c1nn(-c2ccccc2)c(Nc2ccccc2)c1-c1ccccc1. The summed E-state index contributed by atoms with van der Waals surface area (Å²) >= 11 is 0. The standard InChI is InChI=1S/C23H19N3O2/c1-28-23(27)21-20(17-11-5-2-6-12-17)22(24-18-13-7-3-8-14-18)26(25-21)19-15-9-4-10-16-19/h2-16,24H,1H3. The van der Waals surface area contributed by atoms with Gasteiger partial charge < -0.3 is 10.1 Å². The van der Waals surface area contributed by atoms with E-state index in [9.17, 15) is 4.79 Å². The highest BCUT2D eigenvalue weighted by atomic mass is 16.5. The van der Waals surface area contributed by atoms with Crippen LogP contribution >= 0.6 is 0 Å². The molecular weight excluding hydrogens is 350 g/mol. The lowest BCUT2D eigenvalue weighted by molar-refractivity contribution is 0.0594. The maximum absolute atomic E-state index is 12.5. The summed E-state index contributed by atoms with van der Waals surface area (Å²) in [5, 5.41) is 8.03. The molecule has 3 aromatic carbocycles. The largest absolute Gasteiger partial charge is 0.464 e. The minimum atomic E-state index is -0.482. The van der Waals surface area contributed by atoms with Crippen molar-refractivity contribution in [2.24, 2.45) is 0 Å². The van der Waals surface area contributed by atoms with Gasteiger partial charge in [0.2, 0.25) is 0 Å². The summed E-state index contributed by atoms with van der Waals surface area (Å²) in [7, 11) is 1.36. The molecule has 0 bridgehead atoms. The van der Waals surface area contributed by atoms with E-state index in [0.717, 1.165) is 16.9 Å². The number of nitrogens with zero attached hydrogens (tertiary/aromatic N) is 2. The number of anilines is 2. The molecule has 0 radical (unpaired) electrons. The fraction of sp³-hybridized carbons (Fsp3) is 0.0435. The van der Waals surface area contributed by atoms with E-state index in [-0.39, 0.29) is 5.69 Å². The molecule has 0 amide bonds. The highest BCUT2D eigenvalue weighted by Gasteiger charge is 2.25. The van der Waals surface area contributed by atoms with E-state index >= 15 is 0 Å². The van der Waals surface area contributed by atoms with Gasteiger partial charge in [0, 0.05) is 5.69 Å². The highest BCUT2D eigenvalue weighted by Crippen LogP contribution is 2.35. The molecule has 0 aliphatic carbocycles. The minimum Gasteiger partial charge on any atom is -0.464 e. The number of esters is 1. The Morgan fingerprint density at radius 2 is 1.43 bits per heavy atom. The van der Waals surface area contributed by atoms with E-state index in [1.54, 1.807) is 4.68 Å². The number of para-hydroxylation sites is 2. The number of aromatic nitrogens is 2. The maximum Gasteiger partial charge on any atom is 0.359 e. The molecular formula is C23H19N3O2. The van der Waals surface area contributed by atoms with Crippen LogP contribution in [0.2, 0.25) is 0 Å². The van der Waals surface area contributed by atoms with Gasteiger partial charge in [-0.25, -0.2) is 9.48 Å². The lowest BCUT2D eigenvalue weighted by atomic mass is 10.0. The Morgan fingerprint density at radius 3 is 2.04 bits per heavy atom. The van der Waals surface area contributed by atoms with Crippen molar-refractivity contribution in [2.45, 2.75) is 0 Å². The fourth-order valence-corrected chi connectivity index (χ4v) is 3.07. The normalized spacial score (nSPS) is 10.5. The van der Waals surface area contributed by atoms with Crippen LogP contribution < -0.4 is 5.32 Å². The molecule has 0 unspecified atom stereocenters. The first-order chi connectivity index (χ1) is 13.8. The number of hydrogen-bond acceptors (Lipinski definition) is 4. The predicted molar refractivity (Wildman–Crippen MR) is 110 cm³/mol.